The molecule has 3 N–H and O–H groups in total. The summed E-state index contributed by atoms with van der Waals surface area (Å²) in [5.74, 6) is 6.94. The van der Waals surface area contributed by atoms with Crippen LogP contribution in [0.25, 0.3) is 10.9 Å². The lowest BCUT2D eigenvalue weighted by Crippen LogP contribution is -2.52. The van der Waals surface area contributed by atoms with Crippen molar-refractivity contribution >= 4 is 22.7 Å². The maximum absolute atomic E-state index is 5.51. The van der Waals surface area contributed by atoms with Crippen LogP contribution in [0.2, 0.25) is 0 Å². The lowest BCUT2D eigenvalue weighted by molar-refractivity contribution is 0.199. The number of hydrazine groups is 1. The van der Waals surface area contributed by atoms with Gasteiger partial charge >= 0.3 is 0 Å². The Balaban J connectivity index is 1.99. The summed E-state index contributed by atoms with van der Waals surface area (Å²) in [6.45, 7) is 8.57. The first-order valence-corrected chi connectivity index (χ1v) is 7.45. The van der Waals surface area contributed by atoms with Crippen molar-refractivity contribution in [3.63, 3.8) is 0 Å². The zero-order chi connectivity index (χ0) is 14.8. The third-order valence-corrected chi connectivity index (χ3v) is 4.18. The Labute approximate surface area is 124 Å². The molecule has 1 aliphatic rings. The number of nitrogens with zero attached hydrogens (tertiary/aromatic N) is 4. The summed E-state index contributed by atoms with van der Waals surface area (Å²) in [7, 11) is 0. The maximum atomic E-state index is 5.51. The molecule has 0 spiro atoms. The molecule has 1 aromatic heterocycles. The lowest BCUT2D eigenvalue weighted by atomic mass is 10.1. The largest absolute Gasteiger partial charge is 0.353 e. The fraction of sp³-hybridized carbons (Fsp3) is 0.467. The van der Waals surface area contributed by atoms with E-state index in [1.807, 2.05) is 18.2 Å². The summed E-state index contributed by atoms with van der Waals surface area (Å²) in [6, 6.07) is 8.59. The van der Waals surface area contributed by atoms with Crippen LogP contribution >= 0.6 is 0 Å². The van der Waals surface area contributed by atoms with Gasteiger partial charge in [0.2, 0.25) is 5.95 Å². The van der Waals surface area contributed by atoms with Gasteiger partial charge in [-0.2, -0.15) is 4.98 Å². The number of piperazine rings is 1. The number of benzene rings is 1. The average Bonchev–Trinajstić information content (AvgIpc) is 2.53. The molecular weight excluding hydrogens is 264 g/mol. The standard InChI is InChI=1S/C15H22N6/c1-3-20-8-9-21(10-11(20)2)14-12-6-4-5-7-13(12)17-15(18-14)19-16/h4-7,11H,3,8-10,16H2,1-2H3,(H,17,18,19). The Morgan fingerprint density at radius 2 is 2.10 bits per heavy atom. The number of aromatic nitrogens is 2. The summed E-state index contributed by atoms with van der Waals surface area (Å²) in [5, 5.41) is 1.08. The van der Waals surface area contributed by atoms with E-state index in [0.29, 0.717) is 12.0 Å². The minimum atomic E-state index is 0.467. The van der Waals surface area contributed by atoms with E-state index < -0.39 is 0 Å². The van der Waals surface area contributed by atoms with Crippen LogP contribution in [0, 0.1) is 0 Å². The van der Waals surface area contributed by atoms with Crippen molar-refractivity contribution in [1.29, 1.82) is 0 Å². The quantitative estimate of drug-likeness (QED) is 0.657. The second kappa shape index (κ2) is 5.83. The Morgan fingerprint density at radius 3 is 2.81 bits per heavy atom. The van der Waals surface area contributed by atoms with E-state index in [1.54, 1.807) is 0 Å². The molecule has 0 radical (unpaired) electrons. The Kier molecular flexibility index (Phi) is 3.90. The van der Waals surface area contributed by atoms with Crippen molar-refractivity contribution < 1.29 is 0 Å². The van der Waals surface area contributed by atoms with Gasteiger partial charge in [0.25, 0.3) is 0 Å². The minimum absolute atomic E-state index is 0.467. The van der Waals surface area contributed by atoms with E-state index >= 15 is 0 Å². The Hall–Kier alpha value is -1.92. The first-order chi connectivity index (χ1) is 10.2. The highest BCUT2D eigenvalue weighted by Gasteiger charge is 2.24. The number of nitrogen functional groups attached to an aromatic ring is 1. The molecule has 112 valence electrons. The number of likely N-dealkylation sites (N-methyl/N-ethyl adjacent to an activating group) is 1. The van der Waals surface area contributed by atoms with Crippen molar-refractivity contribution in [3.8, 4) is 0 Å². The van der Waals surface area contributed by atoms with Gasteiger partial charge in [-0.1, -0.05) is 19.1 Å². The van der Waals surface area contributed by atoms with Crippen LogP contribution in [0.15, 0.2) is 24.3 Å². The predicted octanol–water partition coefficient (Wildman–Crippen LogP) is 1.45. The second-order valence-corrected chi connectivity index (χ2v) is 5.46. The average molecular weight is 286 g/mol. The number of anilines is 2. The number of nitrogens with two attached hydrogens (primary N) is 1. The van der Waals surface area contributed by atoms with Crippen LogP contribution in [0.4, 0.5) is 11.8 Å². The van der Waals surface area contributed by atoms with Gasteiger partial charge < -0.3 is 4.90 Å². The number of para-hydroxylation sites is 1. The summed E-state index contributed by atoms with van der Waals surface area (Å²) < 4.78 is 0. The van der Waals surface area contributed by atoms with Gasteiger partial charge in [-0.3, -0.25) is 10.3 Å². The normalized spacial score (nSPS) is 20.0. The Morgan fingerprint density at radius 1 is 1.29 bits per heavy atom. The molecule has 2 heterocycles. The molecule has 0 aliphatic carbocycles. The van der Waals surface area contributed by atoms with Gasteiger partial charge in [-0.15, -0.1) is 0 Å². The van der Waals surface area contributed by atoms with Crippen LogP contribution in [-0.2, 0) is 0 Å². The molecule has 0 amide bonds. The fourth-order valence-electron chi connectivity index (χ4n) is 3.02. The van der Waals surface area contributed by atoms with Gasteiger partial charge in [0.15, 0.2) is 0 Å². The molecule has 0 saturated carbocycles. The van der Waals surface area contributed by atoms with Crippen molar-refractivity contribution in [2.24, 2.45) is 5.84 Å². The molecule has 1 atom stereocenters. The third kappa shape index (κ3) is 2.64. The van der Waals surface area contributed by atoms with Gasteiger partial charge in [0, 0.05) is 31.1 Å². The SMILES string of the molecule is CCN1CCN(c2nc(NN)nc3ccccc23)CC1C. The highest BCUT2D eigenvalue weighted by atomic mass is 15.3. The topological polar surface area (TPSA) is 70.3 Å². The molecule has 1 saturated heterocycles. The van der Waals surface area contributed by atoms with Crippen molar-refractivity contribution in [1.82, 2.24) is 14.9 Å². The van der Waals surface area contributed by atoms with E-state index in [4.69, 9.17) is 5.84 Å². The smallest absolute Gasteiger partial charge is 0.239 e. The second-order valence-electron chi connectivity index (χ2n) is 5.46. The number of fused-ring (bicyclic) bond motifs is 1. The molecule has 1 fully saturated rings. The molecule has 3 rings (SSSR count). The third-order valence-electron chi connectivity index (χ3n) is 4.18. The van der Waals surface area contributed by atoms with Crippen LogP contribution in [-0.4, -0.2) is 47.1 Å². The van der Waals surface area contributed by atoms with Crippen molar-refractivity contribution in [3.05, 3.63) is 24.3 Å². The molecule has 0 bridgehead atoms. The van der Waals surface area contributed by atoms with Crippen LogP contribution < -0.4 is 16.2 Å². The van der Waals surface area contributed by atoms with E-state index in [0.717, 1.165) is 42.9 Å². The molecular formula is C15H22N6. The summed E-state index contributed by atoms with van der Waals surface area (Å²) in [4.78, 5) is 13.8. The molecule has 6 nitrogen and oxygen atoms in total. The highest BCUT2D eigenvalue weighted by molar-refractivity contribution is 5.90. The zero-order valence-electron chi connectivity index (χ0n) is 12.6. The minimum Gasteiger partial charge on any atom is -0.353 e. The highest BCUT2D eigenvalue weighted by Crippen LogP contribution is 2.26. The van der Waals surface area contributed by atoms with E-state index in [1.165, 1.54) is 0 Å². The first-order valence-electron chi connectivity index (χ1n) is 7.45. The molecule has 1 aromatic carbocycles. The monoisotopic (exact) mass is 286 g/mol. The zero-order valence-corrected chi connectivity index (χ0v) is 12.6. The number of rotatable bonds is 3. The van der Waals surface area contributed by atoms with Crippen molar-refractivity contribution in [2.75, 3.05) is 36.5 Å². The van der Waals surface area contributed by atoms with Gasteiger partial charge in [0.1, 0.15) is 5.82 Å². The number of nitrogens with one attached hydrogen (secondary N) is 1. The summed E-state index contributed by atoms with van der Waals surface area (Å²) in [6.07, 6.45) is 0. The summed E-state index contributed by atoms with van der Waals surface area (Å²) >= 11 is 0. The molecule has 1 aliphatic heterocycles. The van der Waals surface area contributed by atoms with Crippen LogP contribution in [0.3, 0.4) is 0 Å². The molecule has 1 unspecified atom stereocenters. The number of hydrogen-bond acceptors (Lipinski definition) is 6. The molecule has 2 aromatic rings. The van der Waals surface area contributed by atoms with E-state index in [-0.39, 0.29) is 0 Å². The van der Waals surface area contributed by atoms with Crippen molar-refractivity contribution in [2.45, 2.75) is 19.9 Å². The molecule has 21 heavy (non-hydrogen) atoms. The van der Waals surface area contributed by atoms with Crippen LogP contribution in [0.5, 0.6) is 0 Å². The maximum Gasteiger partial charge on any atom is 0.239 e. The first kappa shape index (κ1) is 14.0. The lowest BCUT2D eigenvalue weighted by Gasteiger charge is -2.40. The Bertz CT molecular complexity index is 629. The molecule has 6 heteroatoms. The fourth-order valence-corrected chi connectivity index (χ4v) is 3.02. The van der Waals surface area contributed by atoms with Gasteiger partial charge in [-0.25, -0.2) is 10.8 Å². The summed E-state index contributed by atoms with van der Waals surface area (Å²) in [5.41, 5.74) is 3.49. The van der Waals surface area contributed by atoms with Crippen LogP contribution in [0.1, 0.15) is 13.8 Å². The van der Waals surface area contributed by atoms with E-state index in [2.05, 4.69) is 45.1 Å². The van der Waals surface area contributed by atoms with E-state index in [9.17, 15) is 0 Å². The van der Waals surface area contributed by atoms with Gasteiger partial charge in [0.05, 0.1) is 5.52 Å². The predicted molar refractivity (Wildman–Crippen MR) is 86.3 cm³/mol. The van der Waals surface area contributed by atoms with Gasteiger partial charge in [-0.05, 0) is 25.6 Å². The number of hydrogen-bond donors (Lipinski definition) is 2.